The van der Waals surface area contributed by atoms with E-state index < -0.39 is 0 Å². The van der Waals surface area contributed by atoms with E-state index in [9.17, 15) is 0 Å². The fourth-order valence-electron chi connectivity index (χ4n) is 1.07. The van der Waals surface area contributed by atoms with E-state index in [0.29, 0.717) is 5.92 Å². The van der Waals surface area contributed by atoms with Crippen molar-refractivity contribution in [2.75, 3.05) is 6.54 Å². The van der Waals surface area contributed by atoms with Crippen molar-refractivity contribution in [3.8, 4) is 0 Å². The molecule has 1 heterocycles. The van der Waals surface area contributed by atoms with Crippen LogP contribution in [-0.2, 0) is 13.6 Å². The van der Waals surface area contributed by atoms with Crippen LogP contribution in [0.1, 0.15) is 19.4 Å². The highest BCUT2D eigenvalue weighted by atomic mass is 15.2. The molecule has 3 heteroatoms. The zero-order chi connectivity index (χ0) is 8.97. The van der Waals surface area contributed by atoms with Crippen molar-refractivity contribution < 1.29 is 0 Å². The van der Waals surface area contributed by atoms with Crippen molar-refractivity contribution in [3.63, 3.8) is 0 Å². The number of nitrogens with zero attached hydrogens (tertiary/aromatic N) is 2. The van der Waals surface area contributed by atoms with Crippen LogP contribution < -0.4 is 5.32 Å². The molecule has 3 nitrogen and oxygen atoms in total. The summed E-state index contributed by atoms with van der Waals surface area (Å²) in [6.45, 7) is 6.40. The van der Waals surface area contributed by atoms with Crippen molar-refractivity contribution >= 4 is 0 Å². The second kappa shape index (κ2) is 4.26. The van der Waals surface area contributed by atoms with Crippen LogP contribution >= 0.6 is 0 Å². The molecule has 68 valence electrons. The molecule has 0 saturated heterocycles. The Balaban J connectivity index is 2.24. The van der Waals surface area contributed by atoms with Gasteiger partial charge < -0.3 is 5.32 Å². The van der Waals surface area contributed by atoms with Crippen LogP contribution in [0.4, 0.5) is 0 Å². The summed E-state index contributed by atoms with van der Waals surface area (Å²) >= 11 is 0. The predicted octanol–water partition coefficient (Wildman–Crippen LogP) is 1.17. The molecule has 0 bridgehead atoms. The van der Waals surface area contributed by atoms with Gasteiger partial charge in [-0.05, 0) is 12.5 Å². The van der Waals surface area contributed by atoms with Gasteiger partial charge in [-0.15, -0.1) is 0 Å². The van der Waals surface area contributed by atoms with Crippen molar-refractivity contribution in [2.45, 2.75) is 20.4 Å². The normalized spacial score (nSPS) is 11.0. The number of aryl methyl sites for hydroxylation is 1. The maximum Gasteiger partial charge on any atom is 0.0534 e. The summed E-state index contributed by atoms with van der Waals surface area (Å²) in [7, 11) is 1.94. The van der Waals surface area contributed by atoms with Gasteiger partial charge in [-0.2, -0.15) is 5.10 Å². The number of rotatable bonds is 4. The standard InChI is InChI=1S/C9H17N3/c1-8(2)4-10-5-9-6-11-12(3)7-9/h6-8,10H,4-5H2,1-3H3. The molecule has 0 saturated carbocycles. The highest BCUT2D eigenvalue weighted by Crippen LogP contribution is 1.95. The Kier molecular flexibility index (Phi) is 3.29. The number of hydrogen-bond donors (Lipinski definition) is 1. The number of hydrogen-bond acceptors (Lipinski definition) is 2. The Morgan fingerprint density at radius 2 is 2.33 bits per heavy atom. The monoisotopic (exact) mass is 167 g/mol. The average Bonchev–Trinajstić information content (AvgIpc) is 2.35. The molecule has 1 N–H and O–H groups in total. The van der Waals surface area contributed by atoms with Gasteiger partial charge in [-0.25, -0.2) is 0 Å². The van der Waals surface area contributed by atoms with Crippen LogP contribution in [0, 0.1) is 5.92 Å². The first-order chi connectivity index (χ1) is 5.68. The average molecular weight is 167 g/mol. The van der Waals surface area contributed by atoms with E-state index >= 15 is 0 Å². The maximum absolute atomic E-state index is 4.09. The van der Waals surface area contributed by atoms with E-state index in [0.717, 1.165) is 13.1 Å². The van der Waals surface area contributed by atoms with Gasteiger partial charge in [0.1, 0.15) is 0 Å². The lowest BCUT2D eigenvalue weighted by Crippen LogP contribution is -2.18. The van der Waals surface area contributed by atoms with E-state index in [1.165, 1.54) is 5.56 Å². The molecule has 0 atom stereocenters. The summed E-state index contributed by atoms with van der Waals surface area (Å²) in [5, 5.41) is 7.45. The topological polar surface area (TPSA) is 29.9 Å². The zero-order valence-corrected chi connectivity index (χ0v) is 8.04. The molecule has 0 unspecified atom stereocenters. The van der Waals surface area contributed by atoms with Crippen LogP contribution in [0.2, 0.25) is 0 Å². The molecule has 0 aliphatic heterocycles. The van der Waals surface area contributed by atoms with Gasteiger partial charge in [0, 0.05) is 25.4 Å². The molecule has 12 heavy (non-hydrogen) atoms. The first-order valence-electron chi connectivity index (χ1n) is 4.36. The molecule has 0 radical (unpaired) electrons. The first kappa shape index (κ1) is 9.26. The highest BCUT2D eigenvalue weighted by molar-refractivity contribution is 5.02. The molecule has 1 rings (SSSR count). The van der Waals surface area contributed by atoms with Crippen molar-refractivity contribution in [1.29, 1.82) is 0 Å². The van der Waals surface area contributed by atoms with E-state index in [1.807, 2.05) is 24.1 Å². The summed E-state index contributed by atoms with van der Waals surface area (Å²) < 4.78 is 1.83. The minimum Gasteiger partial charge on any atom is -0.312 e. The van der Waals surface area contributed by atoms with Gasteiger partial charge in [0.25, 0.3) is 0 Å². The van der Waals surface area contributed by atoms with E-state index in [-0.39, 0.29) is 0 Å². The third-order valence-electron chi connectivity index (χ3n) is 1.64. The van der Waals surface area contributed by atoms with E-state index in [2.05, 4.69) is 24.3 Å². The van der Waals surface area contributed by atoms with Crippen LogP contribution in [0.15, 0.2) is 12.4 Å². The fourth-order valence-corrected chi connectivity index (χ4v) is 1.07. The van der Waals surface area contributed by atoms with Gasteiger partial charge in [0.05, 0.1) is 6.20 Å². The van der Waals surface area contributed by atoms with Crippen LogP contribution in [-0.4, -0.2) is 16.3 Å². The molecule has 0 spiro atoms. The predicted molar refractivity (Wildman–Crippen MR) is 49.8 cm³/mol. The largest absolute Gasteiger partial charge is 0.312 e. The molecule has 1 aromatic rings. The van der Waals surface area contributed by atoms with Gasteiger partial charge in [0.15, 0.2) is 0 Å². The van der Waals surface area contributed by atoms with Gasteiger partial charge >= 0.3 is 0 Å². The molecule has 0 aromatic carbocycles. The summed E-state index contributed by atoms with van der Waals surface area (Å²) in [5.41, 5.74) is 1.25. The lowest BCUT2D eigenvalue weighted by molar-refractivity contribution is 0.552. The molecule has 0 aliphatic carbocycles. The third-order valence-corrected chi connectivity index (χ3v) is 1.64. The minimum absolute atomic E-state index is 0.710. The Morgan fingerprint density at radius 3 is 2.83 bits per heavy atom. The Bertz CT molecular complexity index is 227. The smallest absolute Gasteiger partial charge is 0.0534 e. The quantitative estimate of drug-likeness (QED) is 0.729. The second-order valence-electron chi connectivity index (χ2n) is 3.55. The SMILES string of the molecule is CC(C)CNCc1cnn(C)c1. The Hall–Kier alpha value is -0.830. The third kappa shape index (κ3) is 3.05. The van der Waals surface area contributed by atoms with Crippen molar-refractivity contribution in [1.82, 2.24) is 15.1 Å². The van der Waals surface area contributed by atoms with Gasteiger partial charge in [-0.1, -0.05) is 13.8 Å². The molecule has 0 fully saturated rings. The van der Waals surface area contributed by atoms with Crippen molar-refractivity contribution in [3.05, 3.63) is 18.0 Å². The lowest BCUT2D eigenvalue weighted by Gasteiger charge is -2.04. The second-order valence-corrected chi connectivity index (χ2v) is 3.55. The van der Waals surface area contributed by atoms with Gasteiger partial charge in [-0.3, -0.25) is 4.68 Å². The highest BCUT2D eigenvalue weighted by Gasteiger charge is 1.96. The molecular formula is C9H17N3. The lowest BCUT2D eigenvalue weighted by atomic mass is 10.2. The van der Waals surface area contributed by atoms with Crippen molar-refractivity contribution in [2.24, 2.45) is 13.0 Å². The number of nitrogens with one attached hydrogen (secondary N) is 1. The Labute approximate surface area is 73.8 Å². The summed E-state index contributed by atoms with van der Waals surface area (Å²) in [6, 6.07) is 0. The van der Waals surface area contributed by atoms with E-state index in [1.54, 1.807) is 0 Å². The summed E-state index contributed by atoms with van der Waals surface area (Å²) in [4.78, 5) is 0. The Morgan fingerprint density at radius 1 is 1.58 bits per heavy atom. The summed E-state index contributed by atoms with van der Waals surface area (Å²) in [6.07, 6.45) is 3.93. The number of aromatic nitrogens is 2. The molecule has 1 aromatic heterocycles. The van der Waals surface area contributed by atoms with Crippen LogP contribution in [0.3, 0.4) is 0 Å². The maximum atomic E-state index is 4.09. The zero-order valence-electron chi connectivity index (χ0n) is 8.04. The summed E-state index contributed by atoms with van der Waals surface area (Å²) in [5.74, 6) is 0.710. The van der Waals surface area contributed by atoms with Crippen LogP contribution in [0.25, 0.3) is 0 Å². The fraction of sp³-hybridized carbons (Fsp3) is 0.667. The minimum atomic E-state index is 0.710. The molecule has 0 amide bonds. The van der Waals surface area contributed by atoms with Gasteiger partial charge in [0.2, 0.25) is 0 Å². The molecule has 0 aliphatic rings. The first-order valence-corrected chi connectivity index (χ1v) is 4.36. The molecular weight excluding hydrogens is 150 g/mol. The van der Waals surface area contributed by atoms with E-state index in [4.69, 9.17) is 0 Å². The van der Waals surface area contributed by atoms with Crippen LogP contribution in [0.5, 0.6) is 0 Å².